The average Bonchev–Trinajstić information content (AvgIpc) is 0.811. The quantitative estimate of drug-likeness (QED) is 0.306. The van der Waals surface area contributed by atoms with Crippen molar-refractivity contribution in [3.05, 3.63) is 10.1 Å². The molecule has 0 amide bonds. The van der Waals surface area contributed by atoms with Crippen LogP contribution in [0.2, 0.25) is 0 Å². The monoisotopic (exact) mass is 194 g/mol. The van der Waals surface area contributed by atoms with Crippen molar-refractivity contribution in [3.8, 4) is 0 Å². The van der Waals surface area contributed by atoms with Gasteiger partial charge in [-0.05, 0) is 0 Å². The van der Waals surface area contributed by atoms with Crippen LogP contribution in [0.25, 0.3) is 0 Å². The first-order valence-electron chi connectivity index (χ1n) is 0.565. The Morgan fingerprint density at radius 3 is 1.67 bits per heavy atom. The predicted molar refractivity (Wildman–Crippen MR) is 15.9 cm³/mol. The van der Waals surface area contributed by atoms with Crippen molar-refractivity contribution in [1.29, 1.82) is 0 Å². The number of hydrogen-bond acceptors (Lipinski definition) is 2. The Bertz CT molecular complexity index is 33.8. The molecule has 0 bridgehead atoms. The molecule has 0 atom stereocenters. The van der Waals surface area contributed by atoms with Gasteiger partial charge < -0.3 is 5.21 Å². The van der Waals surface area contributed by atoms with E-state index in [1.807, 2.05) is 0 Å². The van der Waals surface area contributed by atoms with E-state index in [2.05, 4.69) is 0 Å². The van der Waals surface area contributed by atoms with E-state index in [0.29, 0.717) is 0 Å². The first-order valence-corrected chi connectivity index (χ1v) is 0.565. The van der Waals surface area contributed by atoms with Crippen molar-refractivity contribution in [2.24, 2.45) is 0 Å². The van der Waals surface area contributed by atoms with Crippen LogP contribution in [0.15, 0.2) is 0 Å². The summed E-state index contributed by atoms with van der Waals surface area (Å²) >= 11 is 0. The van der Waals surface area contributed by atoms with Crippen molar-refractivity contribution < 1.29 is 32.7 Å². The van der Waals surface area contributed by atoms with Crippen molar-refractivity contribution in [2.45, 2.75) is 0 Å². The van der Waals surface area contributed by atoms with Gasteiger partial charge in [0.2, 0.25) is 0 Å². The third-order valence-corrected chi connectivity index (χ3v) is 0. The molecule has 0 aromatic heterocycles. The van der Waals surface area contributed by atoms with Gasteiger partial charge in [0.1, 0.15) is 0 Å². The summed E-state index contributed by atoms with van der Waals surface area (Å²) in [5.41, 5.74) is 0. The van der Waals surface area contributed by atoms with Gasteiger partial charge in [-0.15, -0.1) is 10.1 Å². The molecule has 4 nitrogen and oxygen atoms in total. The molecule has 0 unspecified atom stereocenters. The first-order chi connectivity index (χ1) is 1.73. The fourth-order valence-corrected chi connectivity index (χ4v) is 0. The Labute approximate surface area is 71.8 Å². The summed E-state index contributed by atoms with van der Waals surface area (Å²) in [5, 5.41) is 13.6. The maximum absolute atomic E-state index is 8.36. The van der Waals surface area contributed by atoms with Crippen LogP contribution in [-0.2, 0) is 22.4 Å². The SMILES string of the molecule is O=[N+]([O-])O.[Ag].[NaH]. The number of rotatable bonds is 0. The minimum absolute atomic E-state index is 0. The standard InChI is InChI=1S/Ag.HNO3.Na.H/c;2-1(3)4;;/h;(H,2,3,4);;. The van der Waals surface area contributed by atoms with Crippen LogP contribution in [0.4, 0.5) is 0 Å². The summed E-state index contributed by atoms with van der Waals surface area (Å²) in [4.78, 5) is 8.36. The topological polar surface area (TPSA) is 63.4 Å². The van der Waals surface area contributed by atoms with Crippen LogP contribution >= 0.6 is 0 Å². The van der Waals surface area contributed by atoms with E-state index < -0.39 is 5.09 Å². The zero-order chi connectivity index (χ0) is 3.58. The molecule has 0 saturated heterocycles. The van der Waals surface area contributed by atoms with Crippen LogP contribution in [0.3, 0.4) is 0 Å². The van der Waals surface area contributed by atoms with Crippen LogP contribution < -0.4 is 0 Å². The molecule has 0 aliphatic carbocycles. The molecule has 1 radical (unpaired) electrons. The molecule has 0 rings (SSSR count). The molecule has 0 aliphatic heterocycles. The van der Waals surface area contributed by atoms with Crippen molar-refractivity contribution in [3.63, 3.8) is 0 Å². The second-order valence-corrected chi connectivity index (χ2v) is 0.238. The Morgan fingerprint density at radius 1 is 1.67 bits per heavy atom. The predicted octanol–water partition coefficient (Wildman–Crippen LogP) is -0.999. The van der Waals surface area contributed by atoms with E-state index in [9.17, 15) is 0 Å². The average molecular weight is 195 g/mol. The van der Waals surface area contributed by atoms with Gasteiger partial charge in [-0.1, -0.05) is 0 Å². The van der Waals surface area contributed by atoms with Gasteiger partial charge >= 0.3 is 29.6 Å². The molecular weight excluding hydrogens is 193 g/mol. The van der Waals surface area contributed by atoms with E-state index in [1.54, 1.807) is 0 Å². The summed E-state index contributed by atoms with van der Waals surface area (Å²) in [6.07, 6.45) is 0. The molecule has 0 heterocycles. The molecule has 0 aromatic carbocycles. The summed E-state index contributed by atoms with van der Waals surface area (Å²) in [6, 6.07) is 0. The van der Waals surface area contributed by atoms with Crippen LogP contribution in [0, 0.1) is 10.1 Å². The zero-order valence-electron chi connectivity index (χ0n) is 2.01. The third kappa shape index (κ3) is 86.8. The van der Waals surface area contributed by atoms with Crippen molar-refractivity contribution >= 4 is 29.6 Å². The van der Waals surface area contributed by atoms with Crippen LogP contribution in [-0.4, -0.2) is 39.9 Å². The summed E-state index contributed by atoms with van der Waals surface area (Å²) in [6.45, 7) is 0. The molecule has 6 heavy (non-hydrogen) atoms. The van der Waals surface area contributed by atoms with E-state index in [1.165, 1.54) is 0 Å². The van der Waals surface area contributed by atoms with Gasteiger partial charge in [-0.25, -0.2) is 0 Å². The van der Waals surface area contributed by atoms with Gasteiger partial charge in [0.15, 0.2) is 0 Å². The fraction of sp³-hybridized carbons (Fsp3) is 0. The Balaban J connectivity index is -0.0000000450. The number of nitrogens with zero attached hydrogens (tertiary/aromatic N) is 1. The van der Waals surface area contributed by atoms with E-state index in [-0.39, 0.29) is 51.9 Å². The van der Waals surface area contributed by atoms with Crippen molar-refractivity contribution in [2.75, 3.05) is 0 Å². The molecule has 0 aliphatic rings. The zero-order valence-corrected chi connectivity index (χ0v) is 3.49. The summed E-state index contributed by atoms with van der Waals surface area (Å²) in [7, 11) is 0. The Morgan fingerprint density at radius 2 is 1.67 bits per heavy atom. The molecule has 0 aromatic rings. The van der Waals surface area contributed by atoms with Gasteiger partial charge in [0, 0.05) is 22.4 Å². The fourth-order valence-electron chi connectivity index (χ4n) is 0. The third-order valence-electron chi connectivity index (χ3n) is 0. The molecule has 0 spiro atoms. The van der Waals surface area contributed by atoms with Gasteiger partial charge in [-0.2, -0.15) is 0 Å². The van der Waals surface area contributed by atoms with Gasteiger partial charge in [0.05, 0.1) is 0 Å². The number of hydrogen-bond donors (Lipinski definition) is 1. The molecule has 37 valence electrons. The van der Waals surface area contributed by atoms with Crippen molar-refractivity contribution in [1.82, 2.24) is 0 Å². The molecule has 6 heteroatoms. The second kappa shape index (κ2) is 9.34. The Kier molecular flexibility index (Phi) is 24.5. The molecular formula is H2AgNNaO3. The van der Waals surface area contributed by atoms with E-state index >= 15 is 0 Å². The Hall–Kier alpha value is 0.940. The van der Waals surface area contributed by atoms with Gasteiger partial charge in [0.25, 0.3) is 5.09 Å². The van der Waals surface area contributed by atoms with Crippen LogP contribution in [0.5, 0.6) is 0 Å². The normalized spacial score (nSPS) is 4.00. The first kappa shape index (κ1) is 15.8. The summed E-state index contributed by atoms with van der Waals surface area (Å²) in [5.74, 6) is 0. The minimum atomic E-state index is -1.50. The van der Waals surface area contributed by atoms with Crippen LogP contribution in [0.1, 0.15) is 0 Å². The van der Waals surface area contributed by atoms with E-state index in [0.717, 1.165) is 0 Å². The summed E-state index contributed by atoms with van der Waals surface area (Å²) < 4.78 is 0. The molecule has 1 N–H and O–H groups in total. The molecule has 0 saturated carbocycles. The molecule has 0 fully saturated rings. The second-order valence-electron chi connectivity index (χ2n) is 0.238. The van der Waals surface area contributed by atoms with E-state index in [4.69, 9.17) is 15.3 Å². The maximum atomic E-state index is 8.36. The van der Waals surface area contributed by atoms with Gasteiger partial charge in [-0.3, -0.25) is 0 Å².